The van der Waals surface area contributed by atoms with Crippen LogP contribution in [0.25, 0.3) is 0 Å². The normalized spacial score (nSPS) is 19.8. The van der Waals surface area contributed by atoms with Gasteiger partial charge in [0.1, 0.15) is 5.82 Å². The van der Waals surface area contributed by atoms with Crippen LogP contribution in [-0.4, -0.2) is 53.5 Å². The summed E-state index contributed by atoms with van der Waals surface area (Å²) in [7, 11) is 0. The van der Waals surface area contributed by atoms with Gasteiger partial charge >= 0.3 is 0 Å². The number of nitrogens with zero attached hydrogens (tertiary/aromatic N) is 4. The molecule has 2 aliphatic heterocycles. The molecule has 116 valence electrons. The molecule has 2 aliphatic rings. The topological polar surface area (TPSA) is 60.2 Å². The van der Waals surface area contributed by atoms with Crippen LogP contribution in [-0.2, 0) is 4.79 Å². The Hall–Kier alpha value is -1.74. The van der Waals surface area contributed by atoms with E-state index in [1.807, 2.05) is 22.7 Å². The fourth-order valence-corrected chi connectivity index (χ4v) is 3.96. The number of amides is 1. The molecule has 6 heteroatoms. The zero-order valence-electron chi connectivity index (χ0n) is 12.6. The number of pyridine rings is 1. The van der Waals surface area contributed by atoms with E-state index < -0.39 is 0 Å². The number of carbonyl (C=O) groups excluding carboxylic acids is 1. The Labute approximate surface area is 135 Å². The first-order valence-corrected chi connectivity index (χ1v) is 8.91. The van der Waals surface area contributed by atoms with Gasteiger partial charge in [-0.3, -0.25) is 4.79 Å². The third-order valence-electron chi connectivity index (χ3n) is 4.37. The third kappa shape index (κ3) is 3.36. The average molecular weight is 316 g/mol. The van der Waals surface area contributed by atoms with Gasteiger partial charge in [0.25, 0.3) is 0 Å². The highest BCUT2D eigenvalue weighted by Gasteiger charge is 2.29. The van der Waals surface area contributed by atoms with E-state index >= 15 is 0 Å². The molecule has 3 heterocycles. The van der Waals surface area contributed by atoms with Gasteiger partial charge in [0.05, 0.1) is 11.6 Å². The number of thioether (sulfide) groups is 1. The molecule has 1 aromatic rings. The van der Waals surface area contributed by atoms with Gasteiger partial charge in [-0.15, -0.1) is 0 Å². The van der Waals surface area contributed by atoms with Crippen LogP contribution in [0, 0.1) is 17.2 Å². The number of hydrogen-bond acceptors (Lipinski definition) is 5. The second-order valence-corrected chi connectivity index (χ2v) is 6.94. The molecule has 0 saturated carbocycles. The molecule has 0 radical (unpaired) electrons. The van der Waals surface area contributed by atoms with Crippen LogP contribution in [0.2, 0.25) is 0 Å². The Kier molecular flexibility index (Phi) is 4.84. The van der Waals surface area contributed by atoms with Crippen molar-refractivity contribution in [3.8, 4) is 6.07 Å². The second kappa shape index (κ2) is 7.01. The average Bonchev–Trinajstić information content (AvgIpc) is 2.62. The van der Waals surface area contributed by atoms with Crippen LogP contribution in [0.1, 0.15) is 18.4 Å². The maximum Gasteiger partial charge on any atom is 0.225 e. The summed E-state index contributed by atoms with van der Waals surface area (Å²) in [6.45, 7) is 3.47. The number of nitriles is 1. The van der Waals surface area contributed by atoms with E-state index in [9.17, 15) is 4.79 Å². The molecule has 3 rings (SSSR count). The molecular weight excluding hydrogens is 296 g/mol. The van der Waals surface area contributed by atoms with Crippen molar-refractivity contribution in [2.24, 2.45) is 5.92 Å². The molecule has 0 spiro atoms. The standard InChI is InChI=1S/C16H20N4OS/c17-12-13-1-4-18-15(11-13)19-5-2-14(3-6-19)16(21)20-7-9-22-10-8-20/h1,4,11,14H,2-3,5-10H2. The fraction of sp³-hybridized carbons (Fsp3) is 0.562. The van der Waals surface area contributed by atoms with E-state index in [1.54, 1.807) is 12.3 Å². The summed E-state index contributed by atoms with van der Waals surface area (Å²) < 4.78 is 0. The monoisotopic (exact) mass is 316 g/mol. The van der Waals surface area contributed by atoms with Crippen molar-refractivity contribution in [3.63, 3.8) is 0 Å². The smallest absolute Gasteiger partial charge is 0.225 e. The maximum absolute atomic E-state index is 12.5. The molecule has 0 bridgehead atoms. The van der Waals surface area contributed by atoms with Crippen molar-refractivity contribution >= 4 is 23.5 Å². The predicted octanol–water partition coefficient (Wildman–Crippen LogP) is 1.75. The molecule has 22 heavy (non-hydrogen) atoms. The van der Waals surface area contributed by atoms with Crippen molar-refractivity contribution in [2.75, 3.05) is 42.6 Å². The van der Waals surface area contributed by atoms with E-state index in [4.69, 9.17) is 5.26 Å². The van der Waals surface area contributed by atoms with Gasteiger partial charge in [-0.1, -0.05) is 0 Å². The molecule has 0 aliphatic carbocycles. The van der Waals surface area contributed by atoms with Crippen molar-refractivity contribution in [1.82, 2.24) is 9.88 Å². The molecule has 0 N–H and O–H groups in total. The number of piperidine rings is 1. The summed E-state index contributed by atoms with van der Waals surface area (Å²) in [6, 6.07) is 5.69. The van der Waals surface area contributed by atoms with Crippen molar-refractivity contribution in [2.45, 2.75) is 12.8 Å². The van der Waals surface area contributed by atoms with Gasteiger partial charge in [0, 0.05) is 49.8 Å². The Morgan fingerprint density at radius 1 is 1.27 bits per heavy atom. The summed E-state index contributed by atoms with van der Waals surface area (Å²) in [4.78, 5) is 21.1. The second-order valence-electron chi connectivity index (χ2n) is 5.71. The van der Waals surface area contributed by atoms with Gasteiger partial charge in [-0.05, 0) is 25.0 Å². The lowest BCUT2D eigenvalue weighted by Crippen LogP contribution is -2.45. The van der Waals surface area contributed by atoms with E-state index in [1.165, 1.54) is 0 Å². The van der Waals surface area contributed by atoms with Crippen LogP contribution in [0.15, 0.2) is 18.3 Å². The van der Waals surface area contributed by atoms with Crippen molar-refractivity contribution in [1.29, 1.82) is 5.26 Å². The van der Waals surface area contributed by atoms with Crippen LogP contribution in [0.5, 0.6) is 0 Å². The molecular formula is C16H20N4OS. The quantitative estimate of drug-likeness (QED) is 0.832. The minimum atomic E-state index is 0.151. The first-order valence-electron chi connectivity index (χ1n) is 7.75. The zero-order chi connectivity index (χ0) is 15.4. The summed E-state index contributed by atoms with van der Waals surface area (Å²) >= 11 is 1.93. The lowest BCUT2D eigenvalue weighted by molar-refractivity contribution is -0.135. The largest absolute Gasteiger partial charge is 0.357 e. The number of carbonyl (C=O) groups is 1. The van der Waals surface area contributed by atoms with E-state index in [0.29, 0.717) is 11.5 Å². The highest BCUT2D eigenvalue weighted by molar-refractivity contribution is 7.99. The van der Waals surface area contributed by atoms with Gasteiger partial charge in [-0.2, -0.15) is 17.0 Å². The molecule has 1 aromatic heterocycles. The van der Waals surface area contributed by atoms with Gasteiger partial charge in [0.2, 0.25) is 5.91 Å². The molecule has 2 fully saturated rings. The van der Waals surface area contributed by atoms with Crippen LogP contribution in [0.4, 0.5) is 5.82 Å². The Bertz CT molecular complexity index is 572. The molecule has 0 aromatic carbocycles. The van der Waals surface area contributed by atoms with E-state index in [2.05, 4.69) is 16.0 Å². The minimum Gasteiger partial charge on any atom is -0.357 e. The lowest BCUT2D eigenvalue weighted by atomic mass is 9.95. The molecule has 0 unspecified atom stereocenters. The fourth-order valence-electron chi connectivity index (χ4n) is 3.06. The van der Waals surface area contributed by atoms with Gasteiger partial charge in [0.15, 0.2) is 0 Å². The Morgan fingerprint density at radius 2 is 2.00 bits per heavy atom. The predicted molar refractivity (Wildman–Crippen MR) is 87.8 cm³/mol. The SMILES string of the molecule is N#Cc1ccnc(N2CCC(C(=O)N3CCSCC3)CC2)c1. The van der Waals surface area contributed by atoms with Crippen LogP contribution in [0.3, 0.4) is 0 Å². The van der Waals surface area contributed by atoms with Crippen LogP contribution < -0.4 is 4.90 Å². The van der Waals surface area contributed by atoms with Gasteiger partial charge < -0.3 is 9.80 Å². The van der Waals surface area contributed by atoms with Crippen molar-refractivity contribution in [3.05, 3.63) is 23.9 Å². The van der Waals surface area contributed by atoms with Crippen molar-refractivity contribution < 1.29 is 4.79 Å². The van der Waals surface area contributed by atoms with Crippen LogP contribution >= 0.6 is 11.8 Å². The molecule has 5 nitrogen and oxygen atoms in total. The number of anilines is 1. The summed E-state index contributed by atoms with van der Waals surface area (Å²) in [6.07, 6.45) is 3.43. The zero-order valence-corrected chi connectivity index (χ0v) is 13.4. The summed E-state index contributed by atoms with van der Waals surface area (Å²) in [5.74, 6) is 3.46. The molecule has 2 saturated heterocycles. The summed E-state index contributed by atoms with van der Waals surface area (Å²) in [5, 5.41) is 8.97. The highest BCUT2D eigenvalue weighted by atomic mass is 32.2. The third-order valence-corrected chi connectivity index (χ3v) is 5.31. The molecule has 1 amide bonds. The number of aromatic nitrogens is 1. The minimum absolute atomic E-state index is 0.151. The number of hydrogen-bond donors (Lipinski definition) is 0. The van der Waals surface area contributed by atoms with E-state index in [0.717, 1.165) is 56.3 Å². The lowest BCUT2D eigenvalue weighted by Gasteiger charge is -2.36. The Balaban J connectivity index is 1.57. The van der Waals surface area contributed by atoms with E-state index in [-0.39, 0.29) is 5.92 Å². The number of rotatable bonds is 2. The maximum atomic E-state index is 12.5. The Morgan fingerprint density at radius 3 is 2.68 bits per heavy atom. The first kappa shape index (κ1) is 15.2. The highest BCUT2D eigenvalue weighted by Crippen LogP contribution is 2.24. The summed E-state index contributed by atoms with van der Waals surface area (Å²) in [5.41, 5.74) is 0.633. The first-order chi connectivity index (χ1) is 10.8. The molecule has 0 atom stereocenters. The van der Waals surface area contributed by atoms with Gasteiger partial charge in [-0.25, -0.2) is 4.98 Å².